The van der Waals surface area contributed by atoms with Crippen LogP contribution >= 0.6 is 0 Å². The molecule has 0 spiro atoms. The second-order valence-corrected chi connectivity index (χ2v) is 7.26. The molecule has 1 aliphatic heterocycles. The van der Waals surface area contributed by atoms with Gasteiger partial charge in [-0.15, -0.1) is 0 Å². The monoisotopic (exact) mass is 283 g/mol. The summed E-state index contributed by atoms with van der Waals surface area (Å²) in [6.45, 7) is 3.12. The highest BCUT2D eigenvalue weighted by Crippen LogP contribution is 2.26. The molecule has 0 atom stereocenters. The fourth-order valence-electron chi connectivity index (χ4n) is 2.14. The van der Waals surface area contributed by atoms with Crippen molar-refractivity contribution in [1.82, 2.24) is 0 Å². The van der Waals surface area contributed by atoms with Crippen molar-refractivity contribution in [3.05, 3.63) is 23.8 Å². The summed E-state index contributed by atoms with van der Waals surface area (Å²) < 4.78 is 28.3. The smallest absolute Gasteiger partial charge is 0.150 e. The lowest BCUT2D eigenvalue weighted by atomic mass is 10.0. The van der Waals surface area contributed by atoms with Crippen molar-refractivity contribution in [2.24, 2.45) is 0 Å². The van der Waals surface area contributed by atoms with E-state index in [4.69, 9.17) is 4.74 Å². The number of fused-ring (bicyclic) bond motifs is 1. The quantitative estimate of drug-likeness (QED) is 0.814. The zero-order valence-corrected chi connectivity index (χ0v) is 12.1. The van der Waals surface area contributed by atoms with Crippen molar-refractivity contribution in [3.8, 4) is 5.75 Å². The molecule has 5 heteroatoms. The van der Waals surface area contributed by atoms with E-state index in [0.717, 1.165) is 24.4 Å². The minimum absolute atomic E-state index is 0.201. The highest BCUT2D eigenvalue weighted by Gasteiger charge is 2.10. The van der Waals surface area contributed by atoms with Crippen molar-refractivity contribution in [3.63, 3.8) is 0 Å². The minimum Gasteiger partial charge on any atom is -0.493 e. The number of sulfone groups is 1. The molecule has 2 rings (SSSR count). The molecule has 1 heterocycles. The molecule has 0 saturated carbocycles. The number of hydrogen-bond donors (Lipinski definition) is 1. The first-order valence-corrected chi connectivity index (χ1v) is 8.63. The predicted molar refractivity (Wildman–Crippen MR) is 77.7 cm³/mol. The molecule has 0 fully saturated rings. The Balaban J connectivity index is 1.83. The molecule has 4 nitrogen and oxygen atoms in total. The van der Waals surface area contributed by atoms with Crippen LogP contribution in [0.3, 0.4) is 0 Å². The van der Waals surface area contributed by atoms with E-state index in [0.29, 0.717) is 13.0 Å². The van der Waals surface area contributed by atoms with Crippen molar-refractivity contribution < 1.29 is 13.2 Å². The Bertz CT molecular complexity index is 525. The first-order chi connectivity index (χ1) is 9.11. The molecule has 19 heavy (non-hydrogen) atoms. The summed E-state index contributed by atoms with van der Waals surface area (Å²) in [7, 11) is -2.88. The lowest BCUT2D eigenvalue weighted by Crippen LogP contribution is -2.13. The standard InChI is InChI=1S/C14H21NO3S/c1-2-19(16,17)10-4-9-18-13-7-6-12-5-3-8-15-14(12)11-13/h6-7,11,15H,2-5,8-10H2,1H3. The first kappa shape index (κ1) is 14.2. The van der Waals surface area contributed by atoms with Gasteiger partial charge in [0.15, 0.2) is 0 Å². The van der Waals surface area contributed by atoms with Crippen LogP contribution in [-0.4, -0.2) is 33.1 Å². The Hall–Kier alpha value is -1.23. The van der Waals surface area contributed by atoms with Gasteiger partial charge in [0.1, 0.15) is 15.6 Å². The Kier molecular flexibility index (Phi) is 4.69. The van der Waals surface area contributed by atoms with Crippen LogP contribution in [0.1, 0.15) is 25.3 Å². The van der Waals surface area contributed by atoms with E-state index in [1.807, 2.05) is 12.1 Å². The molecule has 0 amide bonds. The molecule has 1 aromatic rings. The maximum Gasteiger partial charge on any atom is 0.150 e. The molecule has 1 aliphatic rings. The molecule has 1 aromatic carbocycles. The first-order valence-electron chi connectivity index (χ1n) is 6.81. The molecule has 1 N–H and O–H groups in total. The average molecular weight is 283 g/mol. The second-order valence-electron chi connectivity index (χ2n) is 4.79. The van der Waals surface area contributed by atoms with Gasteiger partial charge in [-0.25, -0.2) is 8.42 Å². The van der Waals surface area contributed by atoms with E-state index >= 15 is 0 Å². The van der Waals surface area contributed by atoms with Crippen LogP contribution in [-0.2, 0) is 16.3 Å². The summed E-state index contributed by atoms with van der Waals surface area (Å²) >= 11 is 0. The fourth-order valence-corrected chi connectivity index (χ4v) is 2.99. The molecule has 0 aliphatic carbocycles. The lowest BCUT2D eigenvalue weighted by molar-refractivity contribution is 0.317. The van der Waals surface area contributed by atoms with Crippen LogP contribution in [0.25, 0.3) is 0 Å². The lowest BCUT2D eigenvalue weighted by Gasteiger charge is -2.18. The Morgan fingerprint density at radius 2 is 2.21 bits per heavy atom. The summed E-state index contributed by atoms with van der Waals surface area (Å²) in [5.41, 5.74) is 2.47. The van der Waals surface area contributed by atoms with E-state index < -0.39 is 9.84 Å². The van der Waals surface area contributed by atoms with Gasteiger partial charge in [0.25, 0.3) is 0 Å². The van der Waals surface area contributed by atoms with Gasteiger partial charge in [0, 0.05) is 24.1 Å². The highest BCUT2D eigenvalue weighted by atomic mass is 32.2. The zero-order valence-electron chi connectivity index (χ0n) is 11.3. The average Bonchev–Trinajstić information content (AvgIpc) is 2.43. The van der Waals surface area contributed by atoms with E-state index in [9.17, 15) is 8.42 Å². The predicted octanol–water partition coefficient (Wildman–Crippen LogP) is 2.25. The van der Waals surface area contributed by atoms with Gasteiger partial charge in [-0.3, -0.25) is 0 Å². The third-order valence-electron chi connectivity index (χ3n) is 3.33. The van der Waals surface area contributed by atoms with Crippen LogP contribution < -0.4 is 10.1 Å². The van der Waals surface area contributed by atoms with Crippen molar-refractivity contribution >= 4 is 15.5 Å². The minimum atomic E-state index is -2.88. The molecular formula is C14H21NO3S. The Labute approximate surface area is 115 Å². The van der Waals surface area contributed by atoms with Crippen LogP contribution in [0.2, 0.25) is 0 Å². The number of benzene rings is 1. The number of nitrogens with one attached hydrogen (secondary N) is 1. The number of aryl methyl sites for hydroxylation is 1. The SMILES string of the molecule is CCS(=O)(=O)CCCOc1ccc2c(c1)NCCC2. The molecule has 106 valence electrons. The largest absolute Gasteiger partial charge is 0.493 e. The van der Waals surface area contributed by atoms with Gasteiger partial charge in [-0.05, 0) is 30.9 Å². The van der Waals surface area contributed by atoms with Gasteiger partial charge in [0.2, 0.25) is 0 Å². The van der Waals surface area contributed by atoms with Crippen LogP contribution in [0.5, 0.6) is 5.75 Å². The highest BCUT2D eigenvalue weighted by molar-refractivity contribution is 7.91. The molecule has 0 bridgehead atoms. The van der Waals surface area contributed by atoms with Gasteiger partial charge < -0.3 is 10.1 Å². The second kappa shape index (κ2) is 6.28. The maximum atomic E-state index is 11.3. The van der Waals surface area contributed by atoms with Crippen LogP contribution in [0.4, 0.5) is 5.69 Å². The van der Waals surface area contributed by atoms with Crippen molar-refractivity contribution in [1.29, 1.82) is 0 Å². The van der Waals surface area contributed by atoms with E-state index in [2.05, 4.69) is 11.4 Å². The third kappa shape index (κ3) is 4.13. The molecule has 0 saturated heterocycles. The molecule has 0 unspecified atom stereocenters. The summed E-state index contributed by atoms with van der Waals surface area (Å²) in [6.07, 6.45) is 2.82. The number of rotatable bonds is 6. The van der Waals surface area contributed by atoms with E-state index in [-0.39, 0.29) is 11.5 Å². The molecular weight excluding hydrogens is 262 g/mol. The summed E-state index contributed by atoms with van der Waals surface area (Å²) in [5.74, 6) is 1.21. The number of anilines is 1. The van der Waals surface area contributed by atoms with Gasteiger partial charge in [0.05, 0.1) is 12.4 Å². The van der Waals surface area contributed by atoms with Gasteiger partial charge in [-0.1, -0.05) is 13.0 Å². The summed E-state index contributed by atoms with van der Waals surface area (Å²) in [5, 5.41) is 3.35. The maximum absolute atomic E-state index is 11.3. The Morgan fingerprint density at radius 1 is 1.37 bits per heavy atom. The summed E-state index contributed by atoms with van der Waals surface area (Å²) in [6, 6.07) is 6.04. The number of hydrogen-bond acceptors (Lipinski definition) is 4. The number of ether oxygens (including phenoxy) is 1. The Morgan fingerprint density at radius 3 is 3.00 bits per heavy atom. The van der Waals surface area contributed by atoms with E-state index in [1.165, 1.54) is 12.0 Å². The third-order valence-corrected chi connectivity index (χ3v) is 5.12. The summed E-state index contributed by atoms with van der Waals surface area (Å²) in [4.78, 5) is 0. The van der Waals surface area contributed by atoms with Crippen LogP contribution in [0.15, 0.2) is 18.2 Å². The van der Waals surface area contributed by atoms with Crippen LogP contribution in [0, 0.1) is 0 Å². The van der Waals surface area contributed by atoms with Gasteiger partial charge >= 0.3 is 0 Å². The topological polar surface area (TPSA) is 55.4 Å². The zero-order chi connectivity index (χ0) is 13.7. The van der Waals surface area contributed by atoms with Crippen molar-refractivity contribution in [2.75, 3.05) is 30.0 Å². The molecule has 0 aromatic heterocycles. The molecule has 0 radical (unpaired) electrons. The normalized spacial score (nSPS) is 14.6. The van der Waals surface area contributed by atoms with E-state index in [1.54, 1.807) is 6.92 Å². The van der Waals surface area contributed by atoms with Crippen molar-refractivity contribution in [2.45, 2.75) is 26.2 Å². The van der Waals surface area contributed by atoms with Gasteiger partial charge in [-0.2, -0.15) is 0 Å². The fraction of sp³-hybridized carbons (Fsp3) is 0.571.